The zero-order valence-electron chi connectivity index (χ0n) is 25.2. The fourth-order valence-corrected chi connectivity index (χ4v) is 5.67. The Morgan fingerprint density at radius 3 is 2.19 bits per heavy atom. The zero-order valence-corrected chi connectivity index (χ0v) is 26.1. The lowest BCUT2D eigenvalue weighted by Gasteiger charge is -2.33. The highest BCUT2D eigenvalue weighted by Crippen LogP contribution is 2.30. The van der Waals surface area contributed by atoms with Gasteiger partial charge in [0.1, 0.15) is 11.8 Å². The fraction of sp³-hybridized carbons (Fsp3) is 0.394. The molecule has 3 aromatic carbocycles. The Morgan fingerprint density at radius 1 is 0.929 bits per heavy atom. The number of anilines is 1. The molecule has 0 aliphatic heterocycles. The third kappa shape index (κ3) is 9.34. The van der Waals surface area contributed by atoms with Gasteiger partial charge in [-0.2, -0.15) is 0 Å². The molecule has 226 valence electrons. The van der Waals surface area contributed by atoms with E-state index in [0.29, 0.717) is 17.9 Å². The molecule has 2 atom stereocenters. The highest BCUT2D eigenvalue weighted by Gasteiger charge is 2.31. The number of methoxy groups -OCH3 is 1. The summed E-state index contributed by atoms with van der Waals surface area (Å²) in [5.41, 5.74) is 3.38. The van der Waals surface area contributed by atoms with Crippen molar-refractivity contribution in [2.24, 2.45) is 0 Å². The van der Waals surface area contributed by atoms with Gasteiger partial charge in [0.15, 0.2) is 0 Å². The summed E-state index contributed by atoms with van der Waals surface area (Å²) in [7, 11) is -2.15. The number of carbonyl (C=O) groups is 2. The number of nitrogens with zero attached hydrogens (tertiary/aromatic N) is 2. The van der Waals surface area contributed by atoms with E-state index in [1.807, 2.05) is 75.4 Å². The third-order valence-electron chi connectivity index (χ3n) is 7.25. The molecular weight excluding hydrogens is 550 g/mol. The minimum atomic E-state index is -3.64. The molecule has 0 bridgehead atoms. The Kier molecular flexibility index (Phi) is 12.0. The van der Waals surface area contributed by atoms with E-state index < -0.39 is 16.1 Å². The number of aryl methyl sites for hydroxylation is 1. The Bertz CT molecular complexity index is 1410. The van der Waals surface area contributed by atoms with Gasteiger partial charge >= 0.3 is 0 Å². The van der Waals surface area contributed by atoms with Gasteiger partial charge in [0.2, 0.25) is 21.8 Å². The maximum Gasteiger partial charge on any atom is 0.243 e. The van der Waals surface area contributed by atoms with Gasteiger partial charge < -0.3 is 15.0 Å². The van der Waals surface area contributed by atoms with Crippen LogP contribution in [0.1, 0.15) is 49.8 Å². The zero-order chi connectivity index (χ0) is 30.7. The number of sulfonamides is 1. The number of rotatable bonds is 15. The summed E-state index contributed by atoms with van der Waals surface area (Å²) in [4.78, 5) is 29.3. The van der Waals surface area contributed by atoms with Crippen LogP contribution in [0, 0.1) is 6.92 Å². The molecule has 0 saturated carbocycles. The first kappa shape index (κ1) is 32.7. The van der Waals surface area contributed by atoms with E-state index in [-0.39, 0.29) is 43.8 Å². The van der Waals surface area contributed by atoms with Crippen LogP contribution >= 0.6 is 0 Å². The first-order chi connectivity index (χ1) is 20.0. The van der Waals surface area contributed by atoms with Crippen molar-refractivity contribution in [3.05, 3.63) is 95.6 Å². The van der Waals surface area contributed by atoms with Crippen molar-refractivity contribution in [2.45, 2.75) is 65.1 Å². The Labute approximate surface area is 250 Å². The number of carbonyl (C=O) groups excluding carboxylic acids is 2. The van der Waals surface area contributed by atoms with Crippen molar-refractivity contribution in [1.82, 2.24) is 10.2 Å². The molecule has 0 aliphatic carbocycles. The number of hydrogen-bond acceptors (Lipinski definition) is 5. The molecule has 0 aromatic heterocycles. The van der Waals surface area contributed by atoms with Crippen LogP contribution in [-0.2, 0) is 32.6 Å². The molecule has 0 aliphatic rings. The summed E-state index contributed by atoms with van der Waals surface area (Å²) in [6, 6.07) is 23.7. The molecule has 0 fully saturated rings. The summed E-state index contributed by atoms with van der Waals surface area (Å²) in [6.07, 6.45) is 2.59. The standard InChI is InChI=1S/C33H43N3O5S/c1-6-26(3)34-33(38)30(23-27-13-8-7-9-14-27)35(24-28-20-18-25(2)19-21-28)32(37)17-12-22-36(42(5,39)40)29-15-10-11-16-31(29)41-4/h7-11,13-16,18-21,26,30H,6,12,17,22-24H2,1-5H3,(H,34,38)/t26-,30-/m1/s1. The van der Waals surface area contributed by atoms with Crippen molar-refractivity contribution < 1.29 is 22.7 Å². The van der Waals surface area contributed by atoms with Crippen LogP contribution in [0.4, 0.5) is 5.69 Å². The summed E-state index contributed by atoms with van der Waals surface area (Å²) in [5.74, 6) is 0.00428. The number of hydrogen-bond donors (Lipinski definition) is 1. The van der Waals surface area contributed by atoms with E-state index in [4.69, 9.17) is 4.74 Å². The van der Waals surface area contributed by atoms with Crippen LogP contribution in [-0.4, -0.2) is 57.1 Å². The Morgan fingerprint density at radius 2 is 1.57 bits per heavy atom. The van der Waals surface area contributed by atoms with E-state index >= 15 is 0 Å². The minimum absolute atomic E-state index is 0.0451. The molecule has 2 amide bonds. The largest absolute Gasteiger partial charge is 0.495 e. The maximum atomic E-state index is 14.0. The summed E-state index contributed by atoms with van der Waals surface area (Å²) < 4.78 is 32.1. The molecule has 42 heavy (non-hydrogen) atoms. The van der Waals surface area contributed by atoms with E-state index in [9.17, 15) is 18.0 Å². The number of nitrogens with one attached hydrogen (secondary N) is 1. The summed E-state index contributed by atoms with van der Waals surface area (Å²) >= 11 is 0. The molecule has 8 nitrogen and oxygen atoms in total. The second kappa shape index (κ2) is 15.4. The molecule has 0 unspecified atom stereocenters. The van der Waals surface area contributed by atoms with Gasteiger partial charge in [0.25, 0.3) is 0 Å². The van der Waals surface area contributed by atoms with Gasteiger partial charge in [0, 0.05) is 32.0 Å². The lowest BCUT2D eigenvalue weighted by molar-refractivity contribution is -0.141. The van der Waals surface area contributed by atoms with Crippen LogP contribution in [0.25, 0.3) is 0 Å². The normalized spacial score (nSPS) is 12.7. The SMILES string of the molecule is CC[C@@H](C)NC(=O)[C@@H](Cc1ccccc1)N(Cc1ccc(C)cc1)C(=O)CCCN(c1ccccc1OC)S(C)(=O)=O. The second-order valence-electron chi connectivity index (χ2n) is 10.6. The fourth-order valence-electron chi connectivity index (χ4n) is 4.70. The van der Waals surface area contributed by atoms with Gasteiger partial charge in [-0.05, 0) is 49.9 Å². The average molecular weight is 594 g/mol. The van der Waals surface area contributed by atoms with Crippen LogP contribution in [0.5, 0.6) is 5.75 Å². The monoisotopic (exact) mass is 593 g/mol. The quantitative estimate of drug-likeness (QED) is 0.264. The molecule has 1 N–H and O–H groups in total. The third-order valence-corrected chi connectivity index (χ3v) is 8.43. The van der Waals surface area contributed by atoms with Crippen LogP contribution in [0.2, 0.25) is 0 Å². The predicted molar refractivity (Wildman–Crippen MR) is 168 cm³/mol. The van der Waals surface area contributed by atoms with E-state index in [1.165, 1.54) is 11.4 Å². The topological polar surface area (TPSA) is 96.0 Å². The smallest absolute Gasteiger partial charge is 0.243 e. The molecule has 9 heteroatoms. The van der Waals surface area contributed by atoms with Crippen LogP contribution in [0.15, 0.2) is 78.9 Å². The molecule has 0 saturated heterocycles. The molecular formula is C33H43N3O5S. The lowest BCUT2D eigenvalue weighted by atomic mass is 10.0. The van der Waals surface area contributed by atoms with E-state index in [1.54, 1.807) is 29.2 Å². The predicted octanol–water partition coefficient (Wildman–Crippen LogP) is 5.10. The number of benzene rings is 3. The van der Waals surface area contributed by atoms with E-state index in [2.05, 4.69) is 5.32 Å². The number of ether oxygens (including phenoxy) is 1. The van der Waals surface area contributed by atoms with Gasteiger partial charge in [-0.1, -0.05) is 79.2 Å². The van der Waals surface area contributed by atoms with Gasteiger partial charge in [0.05, 0.1) is 19.1 Å². The molecule has 3 aromatic rings. The van der Waals surface area contributed by atoms with Gasteiger partial charge in [-0.3, -0.25) is 13.9 Å². The number of para-hydroxylation sites is 2. The van der Waals surface area contributed by atoms with Crippen molar-refractivity contribution in [2.75, 3.05) is 24.2 Å². The molecule has 3 rings (SSSR count). The Balaban J connectivity index is 1.90. The van der Waals surface area contributed by atoms with Crippen molar-refractivity contribution in [3.63, 3.8) is 0 Å². The second-order valence-corrected chi connectivity index (χ2v) is 12.5. The first-order valence-corrected chi connectivity index (χ1v) is 16.2. The highest BCUT2D eigenvalue weighted by molar-refractivity contribution is 7.92. The van der Waals surface area contributed by atoms with Gasteiger partial charge in [-0.15, -0.1) is 0 Å². The average Bonchev–Trinajstić information content (AvgIpc) is 2.97. The van der Waals surface area contributed by atoms with Gasteiger partial charge in [-0.25, -0.2) is 8.42 Å². The van der Waals surface area contributed by atoms with Crippen molar-refractivity contribution in [3.8, 4) is 5.75 Å². The molecule has 0 heterocycles. The summed E-state index contributed by atoms with van der Waals surface area (Å²) in [6.45, 7) is 6.29. The van der Waals surface area contributed by atoms with Crippen molar-refractivity contribution >= 4 is 27.5 Å². The Hall–Kier alpha value is -3.85. The summed E-state index contributed by atoms with van der Waals surface area (Å²) in [5, 5.41) is 3.07. The molecule has 0 radical (unpaired) electrons. The number of amides is 2. The van der Waals surface area contributed by atoms with E-state index in [0.717, 1.165) is 29.4 Å². The van der Waals surface area contributed by atoms with Crippen molar-refractivity contribution in [1.29, 1.82) is 0 Å². The van der Waals surface area contributed by atoms with Crippen LogP contribution < -0.4 is 14.4 Å². The maximum absolute atomic E-state index is 14.0. The lowest BCUT2D eigenvalue weighted by Crippen LogP contribution is -2.52. The van der Waals surface area contributed by atoms with Crippen LogP contribution in [0.3, 0.4) is 0 Å². The minimum Gasteiger partial charge on any atom is -0.495 e. The highest BCUT2D eigenvalue weighted by atomic mass is 32.2. The first-order valence-electron chi connectivity index (χ1n) is 14.3. The molecule has 0 spiro atoms.